The van der Waals surface area contributed by atoms with Gasteiger partial charge in [0.25, 0.3) is 0 Å². The summed E-state index contributed by atoms with van der Waals surface area (Å²) < 4.78 is 0. The molecule has 1 N–H and O–H groups in total. The fourth-order valence-corrected chi connectivity index (χ4v) is 6.06. The second-order valence-electron chi connectivity index (χ2n) is 9.11. The lowest BCUT2D eigenvalue weighted by atomic mass is 9.99. The number of pyridine rings is 1. The average molecular weight is 479 g/mol. The zero-order valence-electron chi connectivity index (χ0n) is 19.6. The van der Waals surface area contributed by atoms with Crippen molar-refractivity contribution in [1.82, 2.24) is 9.97 Å². The normalized spacial score (nSPS) is 17.6. The first-order valence-corrected chi connectivity index (χ1v) is 12.9. The quantitative estimate of drug-likeness (QED) is 0.377. The molecule has 6 heteroatoms. The Morgan fingerprint density at radius 2 is 1.91 bits per heavy atom. The topological polar surface area (TPSA) is 58.1 Å². The van der Waals surface area contributed by atoms with Crippen LogP contribution in [0.3, 0.4) is 0 Å². The van der Waals surface area contributed by atoms with Gasteiger partial charge in [0.1, 0.15) is 0 Å². The highest BCUT2D eigenvalue weighted by atomic mass is 32.1. The molecule has 0 saturated carbocycles. The summed E-state index contributed by atoms with van der Waals surface area (Å²) in [6.07, 6.45) is 5.75. The average Bonchev–Trinajstić information content (AvgIpc) is 3.45. The summed E-state index contributed by atoms with van der Waals surface area (Å²) in [5.41, 5.74) is 9.28. The van der Waals surface area contributed by atoms with Crippen LogP contribution in [-0.4, -0.2) is 34.9 Å². The second-order valence-corrected chi connectivity index (χ2v) is 9.97. The van der Waals surface area contributed by atoms with Crippen LogP contribution in [-0.2, 0) is 0 Å². The number of hydrogen-bond acceptors (Lipinski definition) is 6. The monoisotopic (exact) mass is 478 g/mol. The molecule has 6 rings (SSSR count). The summed E-state index contributed by atoms with van der Waals surface area (Å²) in [5.74, 6) is 0.0500. The van der Waals surface area contributed by atoms with Crippen molar-refractivity contribution in [2.45, 2.75) is 25.8 Å². The molecule has 1 saturated heterocycles. The molecule has 2 aromatic heterocycles. The molecule has 1 unspecified atom stereocenters. The predicted molar refractivity (Wildman–Crippen MR) is 143 cm³/mol. The number of Topliss-reactive ketones (excluding diaryl/α,β-unsaturated/α-hetero) is 1. The van der Waals surface area contributed by atoms with Gasteiger partial charge < -0.3 is 10.2 Å². The Morgan fingerprint density at radius 3 is 2.69 bits per heavy atom. The first-order chi connectivity index (χ1) is 17.2. The number of ketones is 1. The number of aromatic nitrogens is 2. The van der Waals surface area contributed by atoms with Gasteiger partial charge in [0.05, 0.1) is 16.1 Å². The third-order valence-electron chi connectivity index (χ3n) is 6.85. The van der Waals surface area contributed by atoms with Gasteiger partial charge in [0.2, 0.25) is 0 Å². The van der Waals surface area contributed by atoms with E-state index in [4.69, 9.17) is 0 Å². The van der Waals surface area contributed by atoms with E-state index >= 15 is 0 Å². The van der Waals surface area contributed by atoms with Crippen molar-refractivity contribution in [3.63, 3.8) is 0 Å². The lowest BCUT2D eigenvalue weighted by Gasteiger charge is -2.35. The number of carbonyl (C=O) groups excluding carboxylic acids is 1. The lowest BCUT2D eigenvalue weighted by molar-refractivity contribution is 0.105. The molecule has 2 aromatic carbocycles. The number of nitrogens with zero attached hydrogens (tertiary/aromatic N) is 3. The van der Waals surface area contributed by atoms with Crippen LogP contribution in [0.25, 0.3) is 11.1 Å². The van der Waals surface area contributed by atoms with Crippen molar-refractivity contribution >= 4 is 39.6 Å². The summed E-state index contributed by atoms with van der Waals surface area (Å²) >= 11 is 1.58. The number of fused-ring (bicyclic) bond motifs is 1. The highest BCUT2D eigenvalue weighted by Crippen LogP contribution is 2.45. The zero-order valence-corrected chi connectivity index (χ0v) is 20.4. The number of allylic oxidation sites excluding steroid dienone is 1. The molecule has 1 atom stereocenters. The second kappa shape index (κ2) is 9.12. The molecule has 1 fully saturated rings. The molecule has 174 valence electrons. The molecule has 0 amide bonds. The molecule has 0 bridgehead atoms. The van der Waals surface area contributed by atoms with Gasteiger partial charge in [0.15, 0.2) is 5.78 Å². The maximum atomic E-state index is 13.8. The Bertz CT molecular complexity index is 1410. The number of nitrogens with one attached hydrogen (secondary N) is 1. The van der Waals surface area contributed by atoms with Gasteiger partial charge in [-0.25, -0.2) is 4.98 Å². The van der Waals surface area contributed by atoms with E-state index < -0.39 is 0 Å². The maximum Gasteiger partial charge on any atom is 0.195 e. The number of benzene rings is 2. The van der Waals surface area contributed by atoms with E-state index in [0.29, 0.717) is 11.6 Å². The Labute approximate surface area is 209 Å². The number of para-hydroxylation sites is 1. The zero-order chi connectivity index (χ0) is 23.8. The third-order valence-corrected chi connectivity index (χ3v) is 7.79. The summed E-state index contributed by atoms with van der Waals surface area (Å²) in [5, 5.41) is 3.71. The van der Waals surface area contributed by atoms with Crippen molar-refractivity contribution in [2.24, 2.45) is 0 Å². The minimum atomic E-state index is 0.0500. The van der Waals surface area contributed by atoms with Crippen LogP contribution in [0.4, 0.5) is 11.4 Å². The molecule has 3 heterocycles. The van der Waals surface area contributed by atoms with Gasteiger partial charge in [-0.2, -0.15) is 0 Å². The van der Waals surface area contributed by atoms with Crippen molar-refractivity contribution in [1.29, 1.82) is 0 Å². The van der Waals surface area contributed by atoms with Crippen molar-refractivity contribution < 1.29 is 4.79 Å². The van der Waals surface area contributed by atoms with Gasteiger partial charge >= 0.3 is 0 Å². The molecule has 1 aliphatic carbocycles. The Kier molecular flexibility index (Phi) is 5.66. The largest absolute Gasteiger partial charge is 0.381 e. The van der Waals surface area contributed by atoms with E-state index in [1.807, 2.05) is 30.6 Å². The predicted octanol–water partition coefficient (Wildman–Crippen LogP) is 6.08. The highest BCUT2D eigenvalue weighted by Gasteiger charge is 2.33. The molecular formula is C29H26N4OS. The van der Waals surface area contributed by atoms with Crippen LogP contribution < -0.4 is 10.2 Å². The molecule has 4 aromatic rings. The summed E-state index contributed by atoms with van der Waals surface area (Å²) in [4.78, 5) is 26.0. The standard InChI is InChI=1S/C29H26N4OS/c1-19-29(35-18-31-19)27-24-12-11-21(15-25(24)28(34)26(27)20-7-5-13-30-16-20)32-22-8-6-14-33(17-22)23-9-3-2-4-10-23/h2-5,7,9-13,15-16,18,22,32H,6,8,14,17H2,1H3. The van der Waals surface area contributed by atoms with Crippen LogP contribution in [0.2, 0.25) is 0 Å². The minimum absolute atomic E-state index is 0.0500. The van der Waals surface area contributed by atoms with Crippen LogP contribution in [0.5, 0.6) is 0 Å². The van der Waals surface area contributed by atoms with E-state index in [-0.39, 0.29) is 5.78 Å². The minimum Gasteiger partial charge on any atom is -0.381 e. The Morgan fingerprint density at radius 1 is 1.03 bits per heavy atom. The maximum absolute atomic E-state index is 13.8. The smallest absolute Gasteiger partial charge is 0.195 e. The van der Waals surface area contributed by atoms with E-state index in [1.165, 1.54) is 5.69 Å². The van der Waals surface area contributed by atoms with Crippen LogP contribution in [0, 0.1) is 6.92 Å². The van der Waals surface area contributed by atoms with E-state index in [1.54, 1.807) is 23.7 Å². The van der Waals surface area contributed by atoms with Gasteiger partial charge in [-0.15, -0.1) is 11.3 Å². The first kappa shape index (κ1) is 21.7. The molecule has 0 spiro atoms. The Balaban J connectivity index is 1.32. The highest BCUT2D eigenvalue weighted by molar-refractivity contribution is 7.11. The first-order valence-electron chi connectivity index (χ1n) is 12.0. The molecule has 35 heavy (non-hydrogen) atoms. The van der Waals surface area contributed by atoms with Crippen LogP contribution >= 0.6 is 11.3 Å². The Hall–Kier alpha value is -3.77. The molecular weight excluding hydrogens is 452 g/mol. The van der Waals surface area contributed by atoms with E-state index in [0.717, 1.165) is 64.5 Å². The lowest BCUT2D eigenvalue weighted by Crippen LogP contribution is -2.42. The van der Waals surface area contributed by atoms with Crippen molar-refractivity contribution in [3.8, 4) is 0 Å². The molecule has 5 nitrogen and oxygen atoms in total. The molecule has 1 aliphatic heterocycles. The summed E-state index contributed by atoms with van der Waals surface area (Å²) in [6, 6.07) is 21.0. The van der Waals surface area contributed by atoms with E-state index in [2.05, 4.69) is 62.6 Å². The van der Waals surface area contributed by atoms with Gasteiger partial charge in [-0.05, 0) is 55.7 Å². The van der Waals surface area contributed by atoms with Gasteiger partial charge in [-0.1, -0.05) is 30.3 Å². The van der Waals surface area contributed by atoms with Crippen LogP contribution in [0.1, 0.15) is 44.9 Å². The van der Waals surface area contributed by atoms with Gasteiger partial charge in [-0.3, -0.25) is 9.78 Å². The molecule has 2 aliphatic rings. The third kappa shape index (κ3) is 4.04. The van der Waals surface area contributed by atoms with Crippen molar-refractivity contribution in [2.75, 3.05) is 23.3 Å². The SMILES string of the molecule is Cc1ncsc1C1=C(c2cccnc2)C(=O)c2cc(NC3CCCN(c4ccccc4)C3)ccc21. The van der Waals surface area contributed by atoms with Crippen molar-refractivity contribution in [3.05, 3.63) is 106 Å². The molecule has 0 radical (unpaired) electrons. The summed E-state index contributed by atoms with van der Waals surface area (Å²) in [7, 11) is 0. The number of anilines is 2. The number of hydrogen-bond donors (Lipinski definition) is 1. The number of carbonyl (C=O) groups is 1. The van der Waals surface area contributed by atoms with Gasteiger partial charge in [0, 0.05) is 65.2 Å². The number of aryl methyl sites for hydroxylation is 1. The fourth-order valence-electron chi connectivity index (χ4n) is 5.19. The fraction of sp³-hybridized carbons (Fsp3) is 0.207. The number of rotatable bonds is 5. The van der Waals surface area contributed by atoms with Crippen LogP contribution in [0.15, 0.2) is 78.6 Å². The number of piperidine rings is 1. The summed E-state index contributed by atoms with van der Waals surface area (Å²) in [6.45, 7) is 4.01. The van der Waals surface area contributed by atoms with E-state index in [9.17, 15) is 4.79 Å². The number of thiazole rings is 1.